The molecule has 0 spiro atoms. The summed E-state index contributed by atoms with van der Waals surface area (Å²) >= 11 is 5.75. The summed E-state index contributed by atoms with van der Waals surface area (Å²) in [5.74, 6) is 0. The molecule has 0 rings (SSSR count). The first-order valence-electron chi connectivity index (χ1n) is 2.80. The van der Waals surface area contributed by atoms with Gasteiger partial charge in [-0.15, -0.1) is 0 Å². The molecule has 0 heterocycles. The highest BCUT2D eigenvalue weighted by molar-refractivity contribution is 6.91. The van der Waals surface area contributed by atoms with E-state index in [1.165, 1.54) is 6.08 Å². The van der Waals surface area contributed by atoms with E-state index in [1.54, 1.807) is 0 Å². The first kappa shape index (κ1) is 8.92. The maximum atomic E-state index is 9.92. The highest BCUT2D eigenvalue weighted by Gasteiger charge is 2.16. The minimum atomic E-state index is -1.39. The van der Waals surface area contributed by atoms with Crippen molar-refractivity contribution in [1.82, 2.24) is 0 Å². The van der Waals surface area contributed by atoms with E-state index >= 15 is 0 Å². The Kier molecular flexibility index (Phi) is 3.15. The molecule has 0 fully saturated rings. The van der Waals surface area contributed by atoms with E-state index in [2.05, 4.69) is 19.6 Å². The first-order chi connectivity index (χ1) is 3.98. The van der Waals surface area contributed by atoms with Gasteiger partial charge in [0.2, 0.25) is 0 Å². The fourth-order valence-electron chi connectivity index (χ4n) is 0.310. The van der Waals surface area contributed by atoms with Crippen LogP contribution in [-0.4, -0.2) is 14.4 Å². The Bertz CT molecular complexity index is 134. The molecule has 3 heteroatoms. The molecule has 0 saturated carbocycles. The molecule has 1 nitrogen and oxygen atoms in total. The molecule has 0 unspecified atom stereocenters. The van der Waals surface area contributed by atoms with Crippen molar-refractivity contribution >= 4 is 26.0 Å². The molecule has 0 radical (unpaired) electrons. The Hall–Kier alpha value is -0.0831. The van der Waals surface area contributed by atoms with Crippen molar-refractivity contribution in [2.24, 2.45) is 0 Å². The van der Waals surface area contributed by atoms with E-state index in [-0.39, 0.29) is 0 Å². The van der Waals surface area contributed by atoms with Crippen LogP contribution in [-0.2, 0) is 4.79 Å². The smallest absolute Gasteiger partial charge is 0.143 e. The van der Waals surface area contributed by atoms with Crippen LogP contribution < -0.4 is 0 Å². The number of carbonyl (C=O) groups is 1. The molecular weight excluding hydrogens is 152 g/mol. The quantitative estimate of drug-likeness (QED) is 0.346. The lowest BCUT2D eigenvalue weighted by molar-refractivity contribution is -0.104. The van der Waals surface area contributed by atoms with Crippen LogP contribution in [0, 0.1) is 0 Å². The van der Waals surface area contributed by atoms with Crippen molar-refractivity contribution in [2.45, 2.75) is 19.6 Å². The van der Waals surface area contributed by atoms with Crippen LogP contribution in [0.25, 0.3) is 0 Å². The summed E-state index contributed by atoms with van der Waals surface area (Å²) in [6.45, 7) is 6.28. The monoisotopic (exact) mass is 162 g/mol. The Labute approximate surface area is 61.7 Å². The van der Waals surface area contributed by atoms with Gasteiger partial charge in [0.15, 0.2) is 0 Å². The number of carbonyl (C=O) groups excluding carboxylic acids is 1. The molecule has 0 saturated heterocycles. The molecule has 0 atom stereocenters. The van der Waals surface area contributed by atoms with Gasteiger partial charge in [-0.2, -0.15) is 0 Å². The zero-order valence-corrected chi connectivity index (χ0v) is 7.70. The molecule has 0 aliphatic rings. The SMILES string of the molecule is C[Si](C)(C)/C(Cl)=C/C=O. The molecule has 0 aromatic rings. The lowest BCUT2D eigenvalue weighted by Crippen LogP contribution is -2.20. The van der Waals surface area contributed by atoms with E-state index in [9.17, 15) is 4.79 Å². The van der Waals surface area contributed by atoms with Gasteiger partial charge in [0.1, 0.15) is 6.29 Å². The van der Waals surface area contributed by atoms with Gasteiger partial charge in [0, 0.05) is 4.66 Å². The van der Waals surface area contributed by atoms with Crippen LogP contribution in [0.15, 0.2) is 10.7 Å². The Morgan fingerprint density at radius 3 is 2.00 bits per heavy atom. The average Bonchev–Trinajstić information content (AvgIpc) is 1.64. The van der Waals surface area contributed by atoms with Crippen LogP contribution in [0.3, 0.4) is 0 Å². The number of aldehydes is 1. The summed E-state index contributed by atoms with van der Waals surface area (Å²) in [5, 5.41) is 0. The third-order valence-electron chi connectivity index (χ3n) is 0.931. The van der Waals surface area contributed by atoms with Crippen LogP contribution in [0.1, 0.15) is 0 Å². The number of hydrogen-bond acceptors (Lipinski definition) is 1. The molecule has 0 aromatic carbocycles. The summed E-state index contributed by atoms with van der Waals surface area (Å²) in [4.78, 5) is 9.92. The maximum absolute atomic E-state index is 9.92. The summed E-state index contributed by atoms with van der Waals surface area (Å²) in [6.07, 6.45) is 2.17. The van der Waals surface area contributed by atoms with Gasteiger partial charge in [-0.25, -0.2) is 0 Å². The van der Waals surface area contributed by atoms with Gasteiger partial charge in [-0.3, -0.25) is 4.79 Å². The van der Waals surface area contributed by atoms with E-state index in [0.717, 1.165) is 10.9 Å². The van der Waals surface area contributed by atoms with E-state index in [4.69, 9.17) is 11.6 Å². The van der Waals surface area contributed by atoms with Crippen molar-refractivity contribution in [3.63, 3.8) is 0 Å². The molecule has 0 aliphatic carbocycles. The topological polar surface area (TPSA) is 17.1 Å². The first-order valence-corrected chi connectivity index (χ1v) is 6.67. The molecular formula is C6H11ClOSi. The zero-order valence-electron chi connectivity index (χ0n) is 5.94. The number of rotatable bonds is 2. The maximum Gasteiger partial charge on any atom is 0.143 e. The standard InChI is InChI=1S/C6H11ClOSi/c1-9(2,3)6(7)4-5-8/h4-5H,1-3H3/b6-4+. The van der Waals surface area contributed by atoms with Crippen molar-refractivity contribution in [1.29, 1.82) is 0 Å². The van der Waals surface area contributed by atoms with Crippen LogP contribution >= 0.6 is 11.6 Å². The van der Waals surface area contributed by atoms with Crippen LogP contribution in [0.4, 0.5) is 0 Å². The lowest BCUT2D eigenvalue weighted by atomic mass is 10.7. The van der Waals surface area contributed by atoms with Crippen molar-refractivity contribution in [3.8, 4) is 0 Å². The molecule has 52 valence electrons. The van der Waals surface area contributed by atoms with Gasteiger partial charge in [-0.05, 0) is 6.08 Å². The molecule has 9 heavy (non-hydrogen) atoms. The Morgan fingerprint density at radius 2 is 1.89 bits per heavy atom. The van der Waals surface area contributed by atoms with Crippen LogP contribution in [0.5, 0.6) is 0 Å². The average molecular weight is 163 g/mol. The van der Waals surface area contributed by atoms with E-state index < -0.39 is 8.07 Å². The third kappa shape index (κ3) is 3.49. The summed E-state index contributed by atoms with van der Waals surface area (Å²) in [6, 6.07) is 0. The second kappa shape index (κ2) is 3.18. The number of hydrogen-bond donors (Lipinski definition) is 0. The highest BCUT2D eigenvalue weighted by Crippen LogP contribution is 2.16. The number of halogens is 1. The molecule has 0 amide bonds. The van der Waals surface area contributed by atoms with Crippen molar-refractivity contribution in [3.05, 3.63) is 10.7 Å². The Balaban J connectivity index is 4.19. The summed E-state index contributed by atoms with van der Waals surface area (Å²) in [7, 11) is -1.39. The Morgan fingerprint density at radius 1 is 1.44 bits per heavy atom. The molecule has 0 N–H and O–H groups in total. The largest absolute Gasteiger partial charge is 0.299 e. The summed E-state index contributed by atoms with van der Waals surface area (Å²) in [5.41, 5.74) is 0. The van der Waals surface area contributed by atoms with Gasteiger partial charge < -0.3 is 0 Å². The second-order valence-corrected chi connectivity index (χ2v) is 8.66. The minimum absolute atomic E-state index is 0.734. The van der Waals surface area contributed by atoms with Crippen molar-refractivity contribution < 1.29 is 4.79 Å². The second-order valence-electron chi connectivity index (χ2n) is 2.90. The third-order valence-corrected chi connectivity index (χ3v) is 4.36. The van der Waals surface area contributed by atoms with Crippen molar-refractivity contribution in [2.75, 3.05) is 0 Å². The summed E-state index contributed by atoms with van der Waals surface area (Å²) < 4.78 is 0.734. The minimum Gasteiger partial charge on any atom is -0.299 e. The predicted octanol–water partition coefficient (Wildman–Crippen LogP) is 2.19. The van der Waals surface area contributed by atoms with E-state index in [0.29, 0.717) is 0 Å². The zero-order chi connectivity index (χ0) is 7.49. The van der Waals surface area contributed by atoms with E-state index in [1.807, 2.05) is 0 Å². The van der Waals surface area contributed by atoms with Gasteiger partial charge in [0.25, 0.3) is 0 Å². The fraction of sp³-hybridized carbons (Fsp3) is 0.500. The van der Waals surface area contributed by atoms with Crippen LogP contribution in [0.2, 0.25) is 19.6 Å². The van der Waals surface area contributed by atoms with Gasteiger partial charge in [-0.1, -0.05) is 31.2 Å². The molecule has 0 aromatic heterocycles. The van der Waals surface area contributed by atoms with Gasteiger partial charge in [0.05, 0.1) is 8.07 Å². The predicted molar refractivity (Wildman–Crippen MR) is 43.3 cm³/mol. The molecule has 0 bridgehead atoms. The van der Waals surface area contributed by atoms with Gasteiger partial charge >= 0.3 is 0 Å². The molecule has 0 aliphatic heterocycles. The normalized spacial score (nSPS) is 13.6. The lowest BCUT2D eigenvalue weighted by Gasteiger charge is -2.12. The number of allylic oxidation sites excluding steroid dienone is 1. The fourth-order valence-corrected chi connectivity index (χ4v) is 0.929. The highest BCUT2D eigenvalue weighted by atomic mass is 35.5.